The van der Waals surface area contributed by atoms with Crippen molar-refractivity contribution in [2.45, 2.75) is 31.3 Å². The van der Waals surface area contributed by atoms with Crippen LogP contribution in [0.3, 0.4) is 0 Å². The van der Waals surface area contributed by atoms with Crippen LogP contribution < -0.4 is 5.73 Å². The zero-order valence-electron chi connectivity index (χ0n) is 12.4. The highest BCUT2D eigenvalue weighted by Gasteiger charge is 2.44. The minimum atomic E-state index is 0.201. The van der Waals surface area contributed by atoms with E-state index in [0.717, 1.165) is 30.7 Å². The fourth-order valence-corrected chi connectivity index (χ4v) is 3.27. The molecule has 1 saturated heterocycles. The van der Waals surface area contributed by atoms with Crippen molar-refractivity contribution in [3.8, 4) is 0 Å². The van der Waals surface area contributed by atoms with Gasteiger partial charge in [-0.15, -0.1) is 0 Å². The summed E-state index contributed by atoms with van der Waals surface area (Å²) in [6, 6.07) is 8.55. The monoisotopic (exact) mass is 351 g/mol. The largest absolute Gasteiger partial charge is 0.375 e. The van der Waals surface area contributed by atoms with Crippen LogP contribution in [0.15, 0.2) is 33.7 Å². The van der Waals surface area contributed by atoms with E-state index in [1.165, 1.54) is 18.4 Å². The zero-order chi connectivity index (χ0) is 14.9. The first-order chi connectivity index (χ1) is 10.1. The van der Waals surface area contributed by atoms with Gasteiger partial charge in [0.05, 0.1) is 19.3 Å². The van der Waals surface area contributed by atoms with E-state index in [2.05, 4.69) is 57.0 Å². The van der Waals surface area contributed by atoms with Crippen LogP contribution in [-0.2, 0) is 10.2 Å². The Morgan fingerprint density at radius 3 is 3.00 bits per heavy atom. The number of nitrogens with two attached hydrogens (primary N) is 1. The minimum Gasteiger partial charge on any atom is -0.375 e. The first-order valence-electron chi connectivity index (χ1n) is 7.52. The van der Waals surface area contributed by atoms with Gasteiger partial charge >= 0.3 is 0 Å². The second kappa shape index (κ2) is 5.97. The number of aliphatic imine (C=N–C) groups is 1. The SMILES string of the molecule is CC1CN(C(N)=NCC2(c3cccc(Br)c3)CC2)CCO1. The van der Waals surface area contributed by atoms with Crippen LogP contribution in [0.4, 0.5) is 0 Å². The third kappa shape index (κ3) is 3.40. The molecule has 0 radical (unpaired) electrons. The summed E-state index contributed by atoms with van der Waals surface area (Å²) in [6.07, 6.45) is 2.62. The molecule has 114 valence electrons. The number of ether oxygens (including phenoxy) is 1. The van der Waals surface area contributed by atoms with Crippen molar-refractivity contribution in [3.63, 3.8) is 0 Å². The van der Waals surface area contributed by atoms with Gasteiger partial charge in [0, 0.05) is 23.0 Å². The summed E-state index contributed by atoms with van der Waals surface area (Å²) in [5.74, 6) is 0.659. The molecule has 4 nitrogen and oxygen atoms in total. The molecule has 1 aromatic carbocycles. The van der Waals surface area contributed by atoms with Crippen molar-refractivity contribution in [2.75, 3.05) is 26.2 Å². The van der Waals surface area contributed by atoms with E-state index in [0.29, 0.717) is 5.96 Å². The molecule has 1 aliphatic heterocycles. The smallest absolute Gasteiger partial charge is 0.191 e. The summed E-state index contributed by atoms with van der Waals surface area (Å²) in [5, 5.41) is 0. The molecule has 1 saturated carbocycles. The summed E-state index contributed by atoms with van der Waals surface area (Å²) < 4.78 is 6.67. The molecule has 1 aromatic rings. The lowest BCUT2D eigenvalue weighted by atomic mass is 9.96. The predicted molar refractivity (Wildman–Crippen MR) is 88.5 cm³/mol. The Morgan fingerprint density at radius 2 is 2.33 bits per heavy atom. The van der Waals surface area contributed by atoms with Gasteiger partial charge in [0.25, 0.3) is 0 Å². The van der Waals surface area contributed by atoms with E-state index in [4.69, 9.17) is 10.5 Å². The van der Waals surface area contributed by atoms with Gasteiger partial charge in [0.2, 0.25) is 0 Å². The van der Waals surface area contributed by atoms with Crippen molar-refractivity contribution in [2.24, 2.45) is 10.7 Å². The van der Waals surface area contributed by atoms with Gasteiger partial charge in [-0.05, 0) is 37.5 Å². The van der Waals surface area contributed by atoms with E-state index < -0.39 is 0 Å². The third-order valence-electron chi connectivity index (χ3n) is 4.40. The Bertz CT molecular complexity index is 542. The molecule has 5 heteroatoms. The number of hydrogen-bond donors (Lipinski definition) is 1. The van der Waals surface area contributed by atoms with Crippen molar-refractivity contribution < 1.29 is 4.74 Å². The summed E-state index contributed by atoms with van der Waals surface area (Å²) in [6.45, 7) is 5.25. The predicted octanol–water partition coefficient (Wildman–Crippen LogP) is 2.52. The molecular formula is C16H22BrN3O. The Balaban J connectivity index is 1.67. The summed E-state index contributed by atoms with van der Waals surface area (Å²) in [7, 11) is 0. The molecule has 0 spiro atoms. The van der Waals surface area contributed by atoms with E-state index in [9.17, 15) is 0 Å². The molecule has 1 heterocycles. The molecular weight excluding hydrogens is 330 g/mol. The van der Waals surface area contributed by atoms with Gasteiger partial charge < -0.3 is 15.4 Å². The standard InChI is InChI=1S/C16H22BrN3O/c1-12-10-20(7-8-21-12)15(18)19-11-16(5-6-16)13-3-2-4-14(17)9-13/h2-4,9,12H,5-8,10-11H2,1H3,(H2,18,19). The molecule has 1 unspecified atom stereocenters. The van der Waals surface area contributed by atoms with Crippen LogP contribution in [0.2, 0.25) is 0 Å². The lowest BCUT2D eigenvalue weighted by molar-refractivity contribution is 0.00528. The fourth-order valence-electron chi connectivity index (χ4n) is 2.87. The molecule has 1 atom stereocenters. The van der Waals surface area contributed by atoms with Gasteiger partial charge in [-0.2, -0.15) is 0 Å². The minimum absolute atomic E-state index is 0.201. The second-order valence-corrected chi connectivity index (χ2v) is 7.01. The van der Waals surface area contributed by atoms with Gasteiger partial charge in [-0.1, -0.05) is 28.1 Å². The highest BCUT2D eigenvalue weighted by molar-refractivity contribution is 9.10. The first kappa shape index (κ1) is 14.9. The summed E-state index contributed by atoms with van der Waals surface area (Å²) in [5.41, 5.74) is 7.73. The Labute approximate surface area is 134 Å². The number of rotatable bonds is 3. The number of nitrogens with zero attached hydrogens (tertiary/aromatic N) is 2. The van der Waals surface area contributed by atoms with Crippen molar-refractivity contribution in [1.29, 1.82) is 0 Å². The van der Waals surface area contributed by atoms with Crippen LogP contribution in [0.25, 0.3) is 0 Å². The molecule has 21 heavy (non-hydrogen) atoms. The van der Waals surface area contributed by atoms with Crippen LogP contribution >= 0.6 is 15.9 Å². The van der Waals surface area contributed by atoms with Crippen molar-refractivity contribution >= 4 is 21.9 Å². The van der Waals surface area contributed by atoms with Crippen LogP contribution in [-0.4, -0.2) is 43.2 Å². The van der Waals surface area contributed by atoms with E-state index >= 15 is 0 Å². The number of morpholine rings is 1. The molecule has 0 bridgehead atoms. The maximum atomic E-state index is 6.16. The number of guanidine groups is 1. The third-order valence-corrected chi connectivity index (χ3v) is 4.89. The molecule has 0 aromatic heterocycles. The van der Waals surface area contributed by atoms with Crippen LogP contribution in [0.5, 0.6) is 0 Å². The summed E-state index contributed by atoms with van der Waals surface area (Å²) >= 11 is 3.55. The Hall–Kier alpha value is -1.07. The van der Waals surface area contributed by atoms with Gasteiger partial charge in [-0.3, -0.25) is 4.99 Å². The van der Waals surface area contributed by atoms with Gasteiger partial charge in [-0.25, -0.2) is 0 Å². The fraction of sp³-hybridized carbons (Fsp3) is 0.562. The maximum absolute atomic E-state index is 6.16. The summed E-state index contributed by atoms with van der Waals surface area (Å²) in [4.78, 5) is 6.80. The first-order valence-corrected chi connectivity index (χ1v) is 8.31. The zero-order valence-corrected chi connectivity index (χ0v) is 14.0. The van der Waals surface area contributed by atoms with E-state index in [1.807, 2.05) is 0 Å². The number of halogens is 1. The van der Waals surface area contributed by atoms with Crippen molar-refractivity contribution in [1.82, 2.24) is 4.90 Å². The normalized spacial score (nSPS) is 25.0. The van der Waals surface area contributed by atoms with Crippen LogP contribution in [0.1, 0.15) is 25.3 Å². The lowest BCUT2D eigenvalue weighted by Crippen LogP contribution is -2.48. The molecule has 1 aliphatic carbocycles. The number of benzene rings is 1. The van der Waals surface area contributed by atoms with Gasteiger partial charge in [0.15, 0.2) is 5.96 Å². The highest BCUT2D eigenvalue weighted by atomic mass is 79.9. The average Bonchev–Trinajstić information content (AvgIpc) is 3.26. The van der Waals surface area contributed by atoms with E-state index in [1.54, 1.807) is 0 Å². The maximum Gasteiger partial charge on any atom is 0.191 e. The molecule has 2 aliphatic rings. The topological polar surface area (TPSA) is 50.8 Å². The average molecular weight is 352 g/mol. The highest BCUT2D eigenvalue weighted by Crippen LogP contribution is 2.48. The van der Waals surface area contributed by atoms with Crippen molar-refractivity contribution in [3.05, 3.63) is 34.3 Å². The molecule has 3 rings (SSSR count). The molecule has 2 N–H and O–H groups in total. The van der Waals surface area contributed by atoms with Crippen LogP contribution in [0, 0.1) is 0 Å². The lowest BCUT2D eigenvalue weighted by Gasteiger charge is -2.32. The molecule has 0 amide bonds. The quantitative estimate of drug-likeness (QED) is 0.672. The Morgan fingerprint density at radius 1 is 1.52 bits per heavy atom. The molecule has 2 fully saturated rings. The van der Waals surface area contributed by atoms with E-state index in [-0.39, 0.29) is 11.5 Å². The second-order valence-electron chi connectivity index (χ2n) is 6.09. The number of hydrogen-bond acceptors (Lipinski definition) is 2. The van der Waals surface area contributed by atoms with Gasteiger partial charge in [0.1, 0.15) is 0 Å². The Kier molecular flexibility index (Phi) is 4.22.